The molecule has 2 rings (SSSR count). The van der Waals surface area contributed by atoms with Crippen LogP contribution in [0, 0.1) is 0 Å². The highest BCUT2D eigenvalue weighted by atomic mass is 16.5. The number of allylic oxidation sites excluding steroid dienone is 1. The first-order valence-electron chi connectivity index (χ1n) is 7.91. The molecular weight excluding hydrogens is 320 g/mol. The Morgan fingerprint density at radius 3 is 1.80 bits per heavy atom. The van der Waals surface area contributed by atoms with Gasteiger partial charge < -0.3 is 18.9 Å². The lowest BCUT2D eigenvalue weighted by molar-refractivity contribution is 0.112. The molecule has 0 saturated heterocycles. The summed E-state index contributed by atoms with van der Waals surface area (Å²) >= 11 is 0. The summed E-state index contributed by atoms with van der Waals surface area (Å²) in [6, 6.07) is 10.8. The zero-order chi connectivity index (χ0) is 18.1. The van der Waals surface area contributed by atoms with Crippen molar-refractivity contribution < 1.29 is 23.7 Å². The third kappa shape index (κ3) is 5.01. The van der Waals surface area contributed by atoms with Crippen molar-refractivity contribution in [2.45, 2.75) is 6.92 Å². The van der Waals surface area contributed by atoms with Crippen LogP contribution in [-0.2, 0) is 0 Å². The van der Waals surface area contributed by atoms with Crippen LogP contribution >= 0.6 is 0 Å². The number of rotatable bonds is 9. The molecule has 0 aliphatic rings. The quantitative estimate of drug-likeness (QED) is 0.509. The van der Waals surface area contributed by atoms with Gasteiger partial charge in [0.1, 0.15) is 19.5 Å². The monoisotopic (exact) mass is 342 g/mol. The molecule has 0 heterocycles. The number of aldehydes is 1. The molecule has 0 saturated carbocycles. The maximum absolute atomic E-state index is 10.8. The minimum Gasteiger partial charge on any atom is -0.493 e. The summed E-state index contributed by atoms with van der Waals surface area (Å²) in [6.45, 7) is 2.64. The first-order chi connectivity index (χ1) is 12.2. The molecule has 5 heteroatoms. The molecule has 132 valence electrons. The van der Waals surface area contributed by atoms with Crippen LogP contribution < -0.4 is 18.9 Å². The van der Waals surface area contributed by atoms with Gasteiger partial charge in [0, 0.05) is 5.56 Å². The second-order valence-electron chi connectivity index (χ2n) is 5.14. The molecule has 0 amide bonds. The van der Waals surface area contributed by atoms with Gasteiger partial charge in [-0.3, -0.25) is 4.79 Å². The first-order valence-corrected chi connectivity index (χ1v) is 7.91. The van der Waals surface area contributed by atoms with Gasteiger partial charge in [0.05, 0.1) is 14.2 Å². The summed E-state index contributed by atoms with van der Waals surface area (Å²) in [5, 5.41) is 0. The van der Waals surface area contributed by atoms with Gasteiger partial charge in [-0.25, -0.2) is 0 Å². The van der Waals surface area contributed by atoms with Crippen LogP contribution in [0.2, 0.25) is 0 Å². The van der Waals surface area contributed by atoms with Crippen LogP contribution in [-0.4, -0.2) is 33.7 Å². The Kier molecular flexibility index (Phi) is 6.89. The van der Waals surface area contributed by atoms with E-state index in [0.29, 0.717) is 41.8 Å². The SMILES string of the molecule is C/C=C/c1ccc(OCCOc2ccc(C=O)cc2OC)c(OC)c1. The average molecular weight is 342 g/mol. The van der Waals surface area contributed by atoms with Crippen LogP contribution in [0.3, 0.4) is 0 Å². The summed E-state index contributed by atoms with van der Waals surface area (Å²) in [4.78, 5) is 10.8. The predicted molar refractivity (Wildman–Crippen MR) is 97.1 cm³/mol. The van der Waals surface area contributed by atoms with Gasteiger partial charge in [-0.05, 0) is 42.8 Å². The van der Waals surface area contributed by atoms with Crippen LogP contribution in [0.1, 0.15) is 22.8 Å². The largest absolute Gasteiger partial charge is 0.493 e. The summed E-state index contributed by atoms with van der Waals surface area (Å²) in [5.74, 6) is 2.40. The first kappa shape index (κ1) is 18.4. The Morgan fingerprint density at radius 2 is 1.32 bits per heavy atom. The number of hydrogen-bond acceptors (Lipinski definition) is 5. The number of carbonyl (C=O) groups excluding carboxylic acids is 1. The van der Waals surface area contributed by atoms with E-state index < -0.39 is 0 Å². The lowest BCUT2D eigenvalue weighted by Crippen LogP contribution is -2.10. The molecule has 25 heavy (non-hydrogen) atoms. The summed E-state index contributed by atoms with van der Waals surface area (Å²) in [6.07, 6.45) is 4.72. The molecular formula is C20H22O5. The van der Waals surface area contributed by atoms with Crippen LogP contribution in [0.25, 0.3) is 6.08 Å². The van der Waals surface area contributed by atoms with Crippen molar-refractivity contribution >= 4 is 12.4 Å². The van der Waals surface area contributed by atoms with Crippen LogP contribution in [0.15, 0.2) is 42.5 Å². The topological polar surface area (TPSA) is 54.0 Å². The maximum Gasteiger partial charge on any atom is 0.161 e. The Balaban J connectivity index is 1.94. The van der Waals surface area contributed by atoms with Crippen molar-refractivity contribution in [3.8, 4) is 23.0 Å². The Morgan fingerprint density at radius 1 is 0.800 bits per heavy atom. The molecule has 0 fully saturated rings. The van der Waals surface area contributed by atoms with Crippen molar-refractivity contribution in [2.24, 2.45) is 0 Å². The fourth-order valence-electron chi connectivity index (χ4n) is 2.28. The molecule has 0 unspecified atom stereocenters. The Hall–Kier alpha value is -2.95. The minimum absolute atomic E-state index is 0.330. The summed E-state index contributed by atoms with van der Waals surface area (Å²) in [7, 11) is 3.14. The minimum atomic E-state index is 0.330. The number of hydrogen-bond donors (Lipinski definition) is 0. The standard InChI is InChI=1S/C20H22O5/c1-4-5-15-6-8-17(19(12-15)22-2)24-10-11-25-18-9-7-16(14-21)13-20(18)23-3/h4-9,12-14H,10-11H2,1-3H3/b5-4+. The molecule has 0 aliphatic carbocycles. The van der Waals surface area contributed by atoms with Gasteiger partial charge in [0.15, 0.2) is 23.0 Å². The van der Waals surface area contributed by atoms with E-state index in [0.717, 1.165) is 11.8 Å². The summed E-state index contributed by atoms with van der Waals surface area (Å²) < 4.78 is 22.0. The molecule has 0 spiro atoms. The molecule has 0 bridgehead atoms. The van der Waals surface area contributed by atoms with Crippen molar-refractivity contribution in [1.29, 1.82) is 0 Å². The lowest BCUT2D eigenvalue weighted by Gasteiger charge is -2.13. The van der Waals surface area contributed by atoms with E-state index in [9.17, 15) is 4.79 Å². The molecule has 0 N–H and O–H groups in total. The third-order valence-corrected chi connectivity index (χ3v) is 3.47. The smallest absolute Gasteiger partial charge is 0.161 e. The van der Waals surface area contributed by atoms with E-state index in [1.54, 1.807) is 25.3 Å². The Bertz CT molecular complexity index is 737. The second-order valence-corrected chi connectivity index (χ2v) is 5.14. The molecule has 0 radical (unpaired) electrons. The summed E-state index contributed by atoms with van der Waals surface area (Å²) in [5.41, 5.74) is 1.58. The molecule has 0 atom stereocenters. The van der Waals surface area contributed by atoms with E-state index in [2.05, 4.69) is 0 Å². The van der Waals surface area contributed by atoms with E-state index >= 15 is 0 Å². The van der Waals surface area contributed by atoms with Crippen molar-refractivity contribution in [1.82, 2.24) is 0 Å². The number of carbonyl (C=O) groups is 1. The Labute approximate surface area is 147 Å². The highest BCUT2D eigenvalue weighted by Gasteiger charge is 2.07. The average Bonchev–Trinajstić information content (AvgIpc) is 2.66. The zero-order valence-electron chi connectivity index (χ0n) is 14.7. The fourth-order valence-corrected chi connectivity index (χ4v) is 2.28. The van der Waals surface area contributed by atoms with Gasteiger partial charge in [0.25, 0.3) is 0 Å². The third-order valence-electron chi connectivity index (χ3n) is 3.47. The van der Waals surface area contributed by atoms with Gasteiger partial charge >= 0.3 is 0 Å². The van der Waals surface area contributed by atoms with E-state index in [1.165, 1.54) is 7.11 Å². The van der Waals surface area contributed by atoms with Gasteiger partial charge in [-0.2, -0.15) is 0 Å². The normalized spacial score (nSPS) is 10.5. The van der Waals surface area contributed by atoms with Crippen molar-refractivity contribution in [2.75, 3.05) is 27.4 Å². The zero-order valence-corrected chi connectivity index (χ0v) is 14.7. The molecule has 5 nitrogen and oxygen atoms in total. The van der Waals surface area contributed by atoms with Gasteiger partial charge in [-0.1, -0.05) is 18.2 Å². The lowest BCUT2D eigenvalue weighted by atomic mass is 10.2. The van der Waals surface area contributed by atoms with Crippen LogP contribution in [0.5, 0.6) is 23.0 Å². The highest BCUT2D eigenvalue weighted by molar-refractivity contribution is 5.76. The highest BCUT2D eigenvalue weighted by Crippen LogP contribution is 2.29. The van der Waals surface area contributed by atoms with Crippen LogP contribution in [0.4, 0.5) is 0 Å². The fraction of sp³-hybridized carbons (Fsp3) is 0.250. The molecule has 2 aromatic carbocycles. The number of benzene rings is 2. The van der Waals surface area contributed by atoms with Crippen molar-refractivity contribution in [3.63, 3.8) is 0 Å². The van der Waals surface area contributed by atoms with Crippen molar-refractivity contribution in [3.05, 3.63) is 53.6 Å². The molecule has 0 aromatic heterocycles. The second kappa shape index (κ2) is 9.37. The van der Waals surface area contributed by atoms with E-state index in [1.807, 2.05) is 37.3 Å². The maximum atomic E-state index is 10.8. The van der Waals surface area contributed by atoms with Gasteiger partial charge in [0.2, 0.25) is 0 Å². The van der Waals surface area contributed by atoms with E-state index in [4.69, 9.17) is 18.9 Å². The van der Waals surface area contributed by atoms with E-state index in [-0.39, 0.29) is 0 Å². The number of ether oxygens (including phenoxy) is 4. The predicted octanol–water partition coefficient (Wildman–Crippen LogP) is 4.01. The number of methoxy groups -OCH3 is 2. The molecule has 2 aromatic rings. The van der Waals surface area contributed by atoms with Gasteiger partial charge in [-0.15, -0.1) is 0 Å². The molecule has 0 aliphatic heterocycles.